The summed E-state index contributed by atoms with van der Waals surface area (Å²) >= 11 is 0. The smallest absolute Gasteiger partial charge is 0.306 e. The molecule has 4 unspecified atom stereocenters. The number of carbonyl (C=O) groups excluding carboxylic acids is 2. The largest absolute Gasteiger partial charge is 0.462 e. The van der Waals surface area contributed by atoms with E-state index < -0.39 is 0 Å². The molecule has 0 aromatic rings. The molecule has 0 aromatic heterocycles. The number of ether oxygens (including phenoxy) is 1. The average Bonchev–Trinajstić information content (AvgIpc) is 3.13. The van der Waals surface area contributed by atoms with Crippen molar-refractivity contribution in [2.24, 2.45) is 29.1 Å². The lowest BCUT2D eigenvalue weighted by Crippen LogP contribution is -2.48. The van der Waals surface area contributed by atoms with E-state index >= 15 is 0 Å². The highest BCUT2D eigenvalue weighted by molar-refractivity contribution is 5.91. The van der Waals surface area contributed by atoms with Gasteiger partial charge in [-0.15, -0.1) is 0 Å². The first-order valence-corrected chi connectivity index (χ1v) is 14.5. The molecule has 6 atom stereocenters. The molecule has 0 aromatic carbocycles. The summed E-state index contributed by atoms with van der Waals surface area (Å²) in [7, 11) is 0. The number of esters is 1. The quantitative estimate of drug-likeness (QED) is 0.234. The van der Waals surface area contributed by atoms with Gasteiger partial charge >= 0.3 is 5.97 Å². The minimum Gasteiger partial charge on any atom is -0.462 e. The number of unbranched alkanes of at least 4 members (excludes halogenated alkanes) is 8. The number of carbonyl (C=O) groups is 2. The molecule has 0 radical (unpaired) electrons. The van der Waals surface area contributed by atoms with Gasteiger partial charge in [-0.2, -0.15) is 0 Å². The van der Waals surface area contributed by atoms with Gasteiger partial charge in [0, 0.05) is 18.3 Å². The third-order valence-corrected chi connectivity index (χ3v) is 9.97. The second kappa shape index (κ2) is 11.5. The van der Waals surface area contributed by atoms with E-state index in [1.165, 1.54) is 76.2 Å². The first kappa shape index (κ1) is 25.0. The maximum atomic E-state index is 12.7. The van der Waals surface area contributed by atoms with Crippen LogP contribution < -0.4 is 0 Å². The normalized spacial score (nSPS) is 35.4. The molecule has 186 valence electrons. The van der Waals surface area contributed by atoms with Crippen LogP contribution in [0.2, 0.25) is 0 Å². The second-order valence-corrected chi connectivity index (χ2v) is 12.0. The van der Waals surface area contributed by atoms with Crippen molar-refractivity contribution in [2.75, 3.05) is 0 Å². The average molecular weight is 457 g/mol. The Morgan fingerprint density at radius 1 is 0.909 bits per heavy atom. The van der Waals surface area contributed by atoms with Gasteiger partial charge in [-0.25, -0.2) is 0 Å². The van der Waals surface area contributed by atoms with Crippen molar-refractivity contribution >= 4 is 11.8 Å². The SMILES string of the molecule is CCCCCCCCCCCC(=O)O[C@H]1CCC2C3CCC4=CC(=O)CCC4C3CC[C@@]21C. The summed E-state index contributed by atoms with van der Waals surface area (Å²) in [5.74, 6) is 3.26. The molecular formula is C30H48O3. The summed E-state index contributed by atoms with van der Waals surface area (Å²) in [4.78, 5) is 24.6. The molecule has 0 N–H and O–H groups in total. The summed E-state index contributed by atoms with van der Waals surface area (Å²) in [5, 5.41) is 0. The lowest BCUT2D eigenvalue weighted by molar-refractivity contribution is -0.159. The van der Waals surface area contributed by atoms with E-state index in [0.717, 1.165) is 50.4 Å². The Labute approximate surface area is 202 Å². The van der Waals surface area contributed by atoms with Crippen LogP contribution in [0.1, 0.15) is 129 Å². The van der Waals surface area contributed by atoms with Gasteiger partial charge in [0.25, 0.3) is 0 Å². The Bertz CT molecular complexity index is 709. The van der Waals surface area contributed by atoms with Crippen molar-refractivity contribution in [1.82, 2.24) is 0 Å². The Morgan fingerprint density at radius 3 is 2.39 bits per heavy atom. The van der Waals surface area contributed by atoms with Crippen molar-refractivity contribution in [3.63, 3.8) is 0 Å². The number of rotatable bonds is 11. The maximum Gasteiger partial charge on any atom is 0.306 e. The van der Waals surface area contributed by atoms with Crippen molar-refractivity contribution in [1.29, 1.82) is 0 Å². The highest BCUT2D eigenvalue weighted by Crippen LogP contribution is 2.62. The molecule has 4 rings (SSSR count). The van der Waals surface area contributed by atoms with Crippen LogP contribution in [-0.2, 0) is 14.3 Å². The molecule has 0 amide bonds. The Hall–Kier alpha value is -1.12. The second-order valence-electron chi connectivity index (χ2n) is 12.0. The molecule has 0 saturated heterocycles. The molecule has 3 heteroatoms. The predicted molar refractivity (Wildman–Crippen MR) is 134 cm³/mol. The molecule has 3 nitrogen and oxygen atoms in total. The summed E-state index contributed by atoms with van der Waals surface area (Å²) in [6, 6.07) is 0. The van der Waals surface area contributed by atoms with Crippen LogP contribution in [0.15, 0.2) is 11.6 Å². The standard InChI is InChI=1S/C30H48O3/c1-3-4-5-6-7-8-9-10-11-12-29(32)33-28-18-17-27-26-15-13-22-21-23(31)14-16-24(22)25(26)19-20-30(27,28)2/h21,24-28H,3-20H2,1-2H3/t24?,25?,26?,27?,28-,30-/m0/s1. The van der Waals surface area contributed by atoms with Crippen molar-refractivity contribution in [3.05, 3.63) is 11.6 Å². The van der Waals surface area contributed by atoms with Crippen molar-refractivity contribution in [3.8, 4) is 0 Å². The van der Waals surface area contributed by atoms with E-state index in [1.807, 2.05) is 6.08 Å². The lowest BCUT2D eigenvalue weighted by Gasteiger charge is -2.53. The van der Waals surface area contributed by atoms with Gasteiger partial charge < -0.3 is 4.74 Å². The Balaban J connectivity index is 1.20. The van der Waals surface area contributed by atoms with E-state index in [2.05, 4.69) is 13.8 Å². The zero-order chi connectivity index (χ0) is 23.3. The number of hydrogen-bond acceptors (Lipinski definition) is 3. The molecule has 0 spiro atoms. The van der Waals surface area contributed by atoms with Crippen LogP contribution in [0.4, 0.5) is 0 Å². The monoisotopic (exact) mass is 456 g/mol. The number of ketones is 1. The van der Waals surface area contributed by atoms with Gasteiger partial charge in [-0.05, 0) is 81.1 Å². The molecular weight excluding hydrogens is 408 g/mol. The molecule has 3 fully saturated rings. The molecule has 4 aliphatic carbocycles. The highest BCUT2D eigenvalue weighted by atomic mass is 16.5. The minimum atomic E-state index is 0.0478. The zero-order valence-electron chi connectivity index (χ0n) is 21.4. The predicted octanol–water partition coefficient (Wildman–Crippen LogP) is 7.96. The van der Waals surface area contributed by atoms with Gasteiger partial charge in [0.15, 0.2) is 5.78 Å². The highest BCUT2D eigenvalue weighted by Gasteiger charge is 2.57. The topological polar surface area (TPSA) is 43.4 Å². The lowest BCUT2D eigenvalue weighted by atomic mass is 9.52. The van der Waals surface area contributed by atoms with E-state index in [4.69, 9.17) is 4.74 Å². The van der Waals surface area contributed by atoms with Crippen LogP contribution in [0, 0.1) is 29.1 Å². The van der Waals surface area contributed by atoms with Gasteiger partial charge in [0.05, 0.1) is 0 Å². The summed E-state index contributed by atoms with van der Waals surface area (Å²) in [5.41, 5.74) is 1.62. The molecule has 0 bridgehead atoms. The first-order chi connectivity index (χ1) is 16.0. The third-order valence-electron chi connectivity index (χ3n) is 9.97. The van der Waals surface area contributed by atoms with Crippen molar-refractivity contribution < 1.29 is 14.3 Å². The zero-order valence-corrected chi connectivity index (χ0v) is 21.4. The van der Waals surface area contributed by atoms with E-state index in [0.29, 0.717) is 24.0 Å². The summed E-state index contributed by atoms with van der Waals surface area (Å²) in [6.07, 6.45) is 23.1. The van der Waals surface area contributed by atoms with Crippen LogP contribution in [0.5, 0.6) is 0 Å². The number of allylic oxidation sites excluding steroid dienone is 1. The fourth-order valence-corrected chi connectivity index (χ4v) is 8.12. The molecule has 33 heavy (non-hydrogen) atoms. The van der Waals surface area contributed by atoms with Crippen LogP contribution in [-0.4, -0.2) is 17.9 Å². The van der Waals surface area contributed by atoms with Gasteiger partial charge in [-0.3, -0.25) is 9.59 Å². The van der Waals surface area contributed by atoms with Gasteiger partial charge in [0.1, 0.15) is 6.10 Å². The molecule has 3 saturated carbocycles. The fraction of sp³-hybridized carbons (Fsp3) is 0.867. The van der Waals surface area contributed by atoms with Crippen LogP contribution in [0.25, 0.3) is 0 Å². The molecule has 0 heterocycles. The van der Waals surface area contributed by atoms with Crippen molar-refractivity contribution in [2.45, 2.75) is 136 Å². The maximum absolute atomic E-state index is 12.7. The number of hydrogen-bond donors (Lipinski definition) is 0. The number of fused-ring (bicyclic) bond motifs is 5. The Morgan fingerprint density at radius 2 is 1.64 bits per heavy atom. The molecule has 4 aliphatic rings. The van der Waals surface area contributed by atoms with Gasteiger partial charge in [-0.1, -0.05) is 70.8 Å². The van der Waals surface area contributed by atoms with E-state index in [9.17, 15) is 9.59 Å². The fourth-order valence-electron chi connectivity index (χ4n) is 8.12. The first-order valence-electron chi connectivity index (χ1n) is 14.5. The summed E-state index contributed by atoms with van der Waals surface area (Å²) in [6.45, 7) is 4.69. The summed E-state index contributed by atoms with van der Waals surface area (Å²) < 4.78 is 6.16. The minimum absolute atomic E-state index is 0.0478. The third kappa shape index (κ3) is 5.76. The Kier molecular flexibility index (Phi) is 8.74. The molecule has 0 aliphatic heterocycles. The van der Waals surface area contributed by atoms with Gasteiger partial charge in [0.2, 0.25) is 0 Å². The van der Waals surface area contributed by atoms with E-state index in [-0.39, 0.29) is 17.5 Å². The van der Waals surface area contributed by atoms with E-state index in [1.54, 1.807) is 0 Å². The van der Waals surface area contributed by atoms with Crippen LogP contribution >= 0.6 is 0 Å². The van der Waals surface area contributed by atoms with Crippen LogP contribution in [0.3, 0.4) is 0 Å².